The molecule has 3 heteroatoms. The topological polar surface area (TPSA) is 43.7 Å². The van der Waals surface area contributed by atoms with Crippen molar-refractivity contribution in [1.29, 1.82) is 0 Å². The van der Waals surface area contributed by atoms with Crippen molar-refractivity contribution < 1.29 is 10.2 Å². The fourth-order valence-corrected chi connectivity index (χ4v) is 2.33. The van der Waals surface area contributed by atoms with E-state index in [1.165, 1.54) is 57.8 Å². The standard InChI is InChI=1S/C17H35NO2/c1-4-5-6-7-8-9-10-11-12-13-14-15-18(16(2)19)17(3)20/h14-17,19-20H,4-13H2,1-3H3. The average molecular weight is 285 g/mol. The summed E-state index contributed by atoms with van der Waals surface area (Å²) in [6, 6.07) is 0. The number of hydrogen-bond donors (Lipinski definition) is 2. The first kappa shape index (κ1) is 19.5. The van der Waals surface area contributed by atoms with Crippen LogP contribution >= 0.6 is 0 Å². The van der Waals surface area contributed by atoms with Gasteiger partial charge in [-0.2, -0.15) is 0 Å². The minimum Gasteiger partial charge on any atom is -0.374 e. The van der Waals surface area contributed by atoms with E-state index >= 15 is 0 Å². The predicted molar refractivity (Wildman–Crippen MR) is 86.2 cm³/mol. The number of aliphatic hydroxyl groups is 2. The molecular formula is C17H35NO2. The first-order valence-electron chi connectivity index (χ1n) is 8.39. The van der Waals surface area contributed by atoms with Crippen LogP contribution in [-0.4, -0.2) is 27.6 Å². The lowest BCUT2D eigenvalue weighted by Crippen LogP contribution is -2.35. The molecule has 0 aromatic rings. The molecule has 0 fully saturated rings. The SMILES string of the molecule is CCCCCCCCCCCC=CN(C(C)O)C(C)O. The molecule has 2 unspecified atom stereocenters. The van der Waals surface area contributed by atoms with E-state index in [-0.39, 0.29) is 0 Å². The molecule has 0 amide bonds. The maximum absolute atomic E-state index is 9.46. The Kier molecular flexibility index (Phi) is 13.1. The van der Waals surface area contributed by atoms with Crippen LogP contribution in [0.2, 0.25) is 0 Å². The van der Waals surface area contributed by atoms with Crippen LogP contribution in [-0.2, 0) is 0 Å². The van der Waals surface area contributed by atoms with Gasteiger partial charge in [0.15, 0.2) is 0 Å². The average Bonchev–Trinajstić information content (AvgIpc) is 2.39. The first-order chi connectivity index (χ1) is 9.59. The first-order valence-corrected chi connectivity index (χ1v) is 8.39. The Morgan fingerprint density at radius 1 is 0.800 bits per heavy atom. The highest BCUT2D eigenvalue weighted by Gasteiger charge is 2.10. The van der Waals surface area contributed by atoms with Crippen molar-refractivity contribution >= 4 is 0 Å². The van der Waals surface area contributed by atoms with Crippen LogP contribution in [0.5, 0.6) is 0 Å². The summed E-state index contributed by atoms with van der Waals surface area (Å²) in [5.41, 5.74) is 0. The van der Waals surface area contributed by atoms with Crippen molar-refractivity contribution in [2.75, 3.05) is 0 Å². The lowest BCUT2D eigenvalue weighted by atomic mass is 10.1. The van der Waals surface area contributed by atoms with E-state index in [9.17, 15) is 10.2 Å². The molecule has 0 aromatic heterocycles. The van der Waals surface area contributed by atoms with Crippen molar-refractivity contribution in [3.05, 3.63) is 12.3 Å². The third-order valence-corrected chi connectivity index (χ3v) is 3.61. The molecule has 0 aliphatic heterocycles. The van der Waals surface area contributed by atoms with Crippen LogP contribution in [0.4, 0.5) is 0 Å². The highest BCUT2D eigenvalue weighted by Crippen LogP contribution is 2.11. The molecule has 0 radical (unpaired) electrons. The Balaban J connectivity index is 3.43. The Bertz CT molecular complexity index is 219. The van der Waals surface area contributed by atoms with Crippen LogP contribution in [0, 0.1) is 0 Å². The van der Waals surface area contributed by atoms with Gasteiger partial charge in [0.2, 0.25) is 0 Å². The quantitative estimate of drug-likeness (QED) is 0.389. The van der Waals surface area contributed by atoms with Gasteiger partial charge in [-0.05, 0) is 26.7 Å². The normalized spacial score (nSPS) is 14.7. The number of nitrogens with zero attached hydrogens (tertiary/aromatic N) is 1. The van der Waals surface area contributed by atoms with E-state index in [0.29, 0.717) is 0 Å². The molecule has 0 saturated carbocycles. The van der Waals surface area contributed by atoms with Crippen molar-refractivity contribution in [2.24, 2.45) is 0 Å². The van der Waals surface area contributed by atoms with Gasteiger partial charge in [-0.15, -0.1) is 0 Å². The van der Waals surface area contributed by atoms with Gasteiger partial charge in [-0.1, -0.05) is 64.4 Å². The predicted octanol–water partition coefficient (Wildman–Crippen LogP) is 4.40. The number of unbranched alkanes of at least 4 members (excludes halogenated alkanes) is 9. The van der Waals surface area contributed by atoms with Crippen molar-refractivity contribution in [3.8, 4) is 0 Å². The second-order valence-electron chi connectivity index (χ2n) is 5.71. The van der Waals surface area contributed by atoms with E-state index in [1.54, 1.807) is 24.9 Å². The van der Waals surface area contributed by atoms with E-state index in [4.69, 9.17) is 0 Å². The summed E-state index contributed by atoms with van der Waals surface area (Å²) >= 11 is 0. The van der Waals surface area contributed by atoms with Crippen LogP contribution in [0.3, 0.4) is 0 Å². The second-order valence-corrected chi connectivity index (χ2v) is 5.71. The molecule has 2 N–H and O–H groups in total. The number of hydrogen-bond acceptors (Lipinski definition) is 3. The third kappa shape index (κ3) is 11.3. The maximum atomic E-state index is 9.46. The van der Waals surface area contributed by atoms with Crippen molar-refractivity contribution in [3.63, 3.8) is 0 Å². The minimum atomic E-state index is -0.644. The van der Waals surface area contributed by atoms with E-state index in [0.717, 1.165) is 6.42 Å². The second kappa shape index (κ2) is 13.4. The molecule has 2 atom stereocenters. The van der Waals surface area contributed by atoms with E-state index < -0.39 is 12.5 Å². The Labute approximate surface area is 125 Å². The Morgan fingerprint density at radius 3 is 1.70 bits per heavy atom. The molecule has 0 aromatic carbocycles. The van der Waals surface area contributed by atoms with Crippen molar-refractivity contribution in [2.45, 2.75) is 97.4 Å². The van der Waals surface area contributed by atoms with Crippen LogP contribution in [0.25, 0.3) is 0 Å². The zero-order valence-corrected chi connectivity index (χ0v) is 13.7. The molecule has 20 heavy (non-hydrogen) atoms. The summed E-state index contributed by atoms with van der Waals surface area (Å²) in [6.45, 7) is 5.58. The van der Waals surface area contributed by atoms with Crippen LogP contribution in [0.1, 0.15) is 85.0 Å². The van der Waals surface area contributed by atoms with Gasteiger partial charge >= 0.3 is 0 Å². The summed E-state index contributed by atoms with van der Waals surface area (Å²) in [5.74, 6) is 0. The molecule has 0 bridgehead atoms. The number of rotatable bonds is 13. The van der Waals surface area contributed by atoms with Crippen LogP contribution < -0.4 is 0 Å². The highest BCUT2D eigenvalue weighted by molar-refractivity contribution is 4.83. The van der Waals surface area contributed by atoms with Crippen molar-refractivity contribution in [1.82, 2.24) is 4.90 Å². The van der Waals surface area contributed by atoms with Gasteiger partial charge in [0.05, 0.1) is 0 Å². The van der Waals surface area contributed by atoms with E-state index in [1.807, 2.05) is 6.08 Å². The van der Waals surface area contributed by atoms with Gasteiger partial charge < -0.3 is 15.1 Å². The summed E-state index contributed by atoms with van der Waals surface area (Å²) < 4.78 is 0. The summed E-state index contributed by atoms with van der Waals surface area (Å²) in [5, 5.41) is 18.9. The maximum Gasteiger partial charge on any atom is 0.125 e. The van der Waals surface area contributed by atoms with Gasteiger partial charge in [-0.3, -0.25) is 0 Å². The number of allylic oxidation sites excluding steroid dienone is 1. The molecule has 0 heterocycles. The molecule has 120 valence electrons. The summed E-state index contributed by atoms with van der Waals surface area (Å²) in [6.07, 6.45) is 15.6. The minimum absolute atomic E-state index is 0.644. The van der Waals surface area contributed by atoms with Crippen LogP contribution in [0.15, 0.2) is 12.3 Å². The lowest BCUT2D eigenvalue weighted by molar-refractivity contribution is -0.0513. The zero-order valence-electron chi connectivity index (χ0n) is 13.7. The molecule has 0 saturated heterocycles. The van der Waals surface area contributed by atoms with E-state index in [2.05, 4.69) is 6.92 Å². The fraction of sp³-hybridized carbons (Fsp3) is 0.882. The molecular weight excluding hydrogens is 250 g/mol. The summed E-state index contributed by atoms with van der Waals surface area (Å²) in [4.78, 5) is 1.55. The smallest absolute Gasteiger partial charge is 0.125 e. The zero-order chi connectivity index (χ0) is 15.2. The molecule has 0 spiro atoms. The van der Waals surface area contributed by atoms with Gasteiger partial charge in [0.1, 0.15) is 12.5 Å². The molecule has 3 nitrogen and oxygen atoms in total. The van der Waals surface area contributed by atoms with Gasteiger partial charge in [-0.25, -0.2) is 0 Å². The lowest BCUT2D eigenvalue weighted by Gasteiger charge is -2.26. The molecule has 0 aliphatic rings. The number of aliphatic hydroxyl groups excluding tert-OH is 2. The molecule has 0 rings (SSSR count). The Hall–Kier alpha value is -0.540. The van der Waals surface area contributed by atoms with Gasteiger partial charge in [0, 0.05) is 6.20 Å². The fourth-order valence-electron chi connectivity index (χ4n) is 2.33. The summed E-state index contributed by atoms with van der Waals surface area (Å²) in [7, 11) is 0. The highest BCUT2D eigenvalue weighted by atomic mass is 16.3. The monoisotopic (exact) mass is 285 g/mol. The molecule has 0 aliphatic carbocycles. The largest absolute Gasteiger partial charge is 0.374 e. The Morgan fingerprint density at radius 2 is 1.25 bits per heavy atom. The van der Waals surface area contributed by atoms with Gasteiger partial charge in [0.25, 0.3) is 0 Å². The third-order valence-electron chi connectivity index (χ3n) is 3.61.